The van der Waals surface area contributed by atoms with Crippen molar-refractivity contribution in [1.29, 1.82) is 0 Å². The zero-order valence-corrected chi connectivity index (χ0v) is 18.1. The fourth-order valence-electron chi connectivity index (χ4n) is 3.22. The van der Waals surface area contributed by atoms with Crippen LogP contribution in [0, 0.1) is 0 Å². The number of benzene rings is 3. The topological polar surface area (TPSA) is 94.8 Å². The van der Waals surface area contributed by atoms with Crippen LogP contribution in [0.3, 0.4) is 0 Å². The molecule has 3 aromatic rings. The molecule has 0 aliphatic carbocycles. The van der Waals surface area contributed by atoms with E-state index in [1.165, 1.54) is 36.4 Å². The summed E-state index contributed by atoms with van der Waals surface area (Å²) in [5.41, 5.74) is -0.346. The van der Waals surface area contributed by atoms with Gasteiger partial charge in [0.1, 0.15) is 16.5 Å². The minimum atomic E-state index is -5.06. The van der Waals surface area contributed by atoms with E-state index in [1.54, 1.807) is 6.07 Å². The Morgan fingerprint density at radius 2 is 1.24 bits per heavy atom. The Hall–Kier alpha value is -1.67. The van der Waals surface area contributed by atoms with Crippen molar-refractivity contribution < 1.29 is 23.2 Å². The smallest absolute Gasteiger partial charge is 0.283 e. The Morgan fingerprint density at radius 3 is 1.72 bits per heavy atom. The van der Waals surface area contributed by atoms with Crippen molar-refractivity contribution >= 4 is 56.5 Å². The van der Waals surface area contributed by atoms with Crippen LogP contribution in [0.25, 0.3) is 0 Å². The molecule has 3 N–H and O–H groups in total. The van der Waals surface area contributed by atoms with Gasteiger partial charge < -0.3 is 10.2 Å². The first-order chi connectivity index (χ1) is 13.5. The lowest BCUT2D eigenvalue weighted by Crippen LogP contribution is -2.38. The molecule has 1 atom stereocenters. The Balaban J connectivity index is 2.61. The molecule has 10 heteroatoms. The van der Waals surface area contributed by atoms with Gasteiger partial charge in [-0.1, -0.05) is 64.6 Å². The maximum Gasteiger partial charge on any atom is 0.283 e. The Labute approximate surface area is 186 Å². The third-order valence-electron chi connectivity index (χ3n) is 4.35. The molecule has 0 aliphatic rings. The SMILES string of the molecule is O=S(=O)(O)C(c1cc(Cl)cc(Cl)c1)(c1cc(O)c(Cl)c(O)c1)c1ccccc1Cl. The van der Waals surface area contributed by atoms with Crippen LogP contribution in [0.15, 0.2) is 54.6 Å². The third kappa shape index (κ3) is 3.77. The Morgan fingerprint density at radius 1 is 0.759 bits per heavy atom. The Kier molecular flexibility index (Phi) is 5.98. The van der Waals surface area contributed by atoms with E-state index in [9.17, 15) is 23.2 Å². The van der Waals surface area contributed by atoms with Crippen molar-refractivity contribution in [3.63, 3.8) is 0 Å². The molecule has 152 valence electrons. The second-order valence-corrected chi connectivity index (χ2v) is 9.34. The van der Waals surface area contributed by atoms with Crippen LogP contribution in [-0.4, -0.2) is 23.2 Å². The number of phenolic OH excluding ortho intramolecular Hbond substituents is 2. The molecule has 0 aliphatic heterocycles. The standard InChI is InChI=1S/C19H12Cl4O5S/c20-12-5-10(6-13(21)9-12)19(29(26,27)28,14-3-1-2-4-15(14)22)11-7-16(24)18(23)17(25)8-11/h1-9,24-25H,(H,26,27,28). The molecule has 0 amide bonds. The van der Waals surface area contributed by atoms with E-state index in [4.69, 9.17) is 46.4 Å². The molecule has 0 radical (unpaired) electrons. The van der Waals surface area contributed by atoms with Crippen molar-refractivity contribution in [3.8, 4) is 11.5 Å². The lowest BCUT2D eigenvalue weighted by molar-refractivity contribution is 0.444. The van der Waals surface area contributed by atoms with Crippen LogP contribution >= 0.6 is 46.4 Å². The van der Waals surface area contributed by atoms with E-state index in [0.29, 0.717) is 0 Å². The first-order valence-corrected chi connectivity index (χ1v) is 10.8. The molecule has 0 spiro atoms. The van der Waals surface area contributed by atoms with E-state index < -0.39 is 26.4 Å². The summed E-state index contributed by atoms with van der Waals surface area (Å²) in [6.07, 6.45) is 0. The molecular weight excluding hydrogens is 482 g/mol. The summed E-state index contributed by atoms with van der Waals surface area (Å²) in [7, 11) is -5.06. The third-order valence-corrected chi connectivity index (χ3v) is 6.97. The van der Waals surface area contributed by atoms with Crippen molar-refractivity contribution in [1.82, 2.24) is 0 Å². The summed E-state index contributed by atoms with van der Waals surface area (Å²) in [6.45, 7) is 0. The number of aromatic hydroxyl groups is 2. The summed E-state index contributed by atoms with van der Waals surface area (Å²) in [5.74, 6) is -1.20. The molecule has 1 unspecified atom stereocenters. The molecule has 0 aromatic heterocycles. The van der Waals surface area contributed by atoms with E-state index in [2.05, 4.69) is 0 Å². The monoisotopic (exact) mass is 492 g/mol. The minimum Gasteiger partial charge on any atom is -0.506 e. The number of rotatable bonds is 4. The largest absolute Gasteiger partial charge is 0.506 e. The fourth-order valence-corrected chi connectivity index (χ4v) is 5.47. The average molecular weight is 494 g/mol. The van der Waals surface area contributed by atoms with Gasteiger partial charge in [-0.3, -0.25) is 4.55 Å². The summed E-state index contributed by atoms with van der Waals surface area (Å²) in [5, 5.41) is 20.1. The highest BCUT2D eigenvalue weighted by Gasteiger charge is 2.50. The predicted molar refractivity (Wildman–Crippen MR) is 114 cm³/mol. The van der Waals surface area contributed by atoms with Crippen LogP contribution in [0.2, 0.25) is 20.1 Å². The maximum atomic E-state index is 13.0. The van der Waals surface area contributed by atoms with Crippen LogP contribution in [0.4, 0.5) is 0 Å². The maximum absolute atomic E-state index is 13.0. The molecule has 3 rings (SSSR count). The van der Waals surface area contributed by atoms with Crippen molar-refractivity contribution in [2.45, 2.75) is 4.75 Å². The van der Waals surface area contributed by atoms with Crippen molar-refractivity contribution in [3.05, 3.63) is 91.4 Å². The summed E-state index contributed by atoms with van der Waals surface area (Å²) < 4.78 is 34.0. The van der Waals surface area contributed by atoms with Gasteiger partial charge in [0.05, 0.1) is 0 Å². The van der Waals surface area contributed by atoms with Gasteiger partial charge in [-0.15, -0.1) is 0 Å². The van der Waals surface area contributed by atoms with E-state index in [-0.39, 0.29) is 36.8 Å². The van der Waals surface area contributed by atoms with E-state index in [1.807, 2.05) is 0 Å². The van der Waals surface area contributed by atoms with Crippen molar-refractivity contribution in [2.24, 2.45) is 0 Å². The molecule has 0 bridgehead atoms. The molecule has 5 nitrogen and oxygen atoms in total. The first kappa shape index (κ1) is 22.0. The number of phenols is 2. The molecular formula is C19H12Cl4O5S. The summed E-state index contributed by atoms with van der Waals surface area (Å²) in [4.78, 5) is 0. The highest BCUT2D eigenvalue weighted by molar-refractivity contribution is 7.87. The van der Waals surface area contributed by atoms with Crippen molar-refractivity contribution in [2.75, 3.05) is 0 Å². The summed E-state index contributed by atoms with van der Waals surface area (Å²) >= 11 is 24.3. The number of halogens is 4. The number of hydrogen-bond acceptors (Lipinski definition) is 4. The molecule has 3 aromatic carbocycles. The fraction of sp³-hybridized carbons (Fsp3) is 0.0526. The van der Waals surface area contributed by atoms with Crippen LogP contribution in [0.5, 0.6) is 11.5 Å². The summed E-state index contributed by atoms with van der Waals surface area (Å²) in [6, 6.07) is 11.9. The second kappa shape index (κ2) is 7.87. The second-order valence-electron chi connectivity index (χ2n) is 6.12. The molecule has 0 heterocycles. The van der Waals surface area contributed by atoms with Gasteiger partial charge in [0.25, 0.3) is 10.1 Å². The van der Waals surface area contributed by atoms with Gasteiger partial charge >= 0.3 is 0 Å². The predicted octanol–water partition coefficient (Wildman–Crippen LogP) is 5.89. The normalized spacial score (nSPS) is 13.8. The van der Waals surface area contributed by atoms with Gasteiger partial charge in [-0.25, -0.2) is 0 Å². The Bertz CT molecular complexity index is 1170. The van der Waals surface area contributed by atoms with Gasteiger partial charge in [-0.05, 0) is 47.5 Å². The van der Waals surface area contributed by atoms with Gasteiger partial charge in [0.15, 0.2) is 4.75 Å². The van der Waals surface area contributed by atoms with Gasteiger partial charge in [0, 0.05) is 20.6 Å². The minimum absolute atomic E-state index is 0.00449. The lowest BCUT2D eigenvalue weighted by atomic mass is 9.83. The van der Waals surface area contributed by atoms with E-state index >= 15 is 0 Å². The quantitative estimate of drug-likeness (QED) is 0.311. The zero-order valence-electron chi connectivity index (χ0n) is 14.3. The van der Waals surface area contributed by atoms with Crippen LogP contribution in [-0.2, 0) is 14.9 Å². The number of hydrogen-bond donors (Lipinski definition) is 3. The first-order valence-electron chi connectivity index (χ1n) is 7.89. The average Bonchev–Trinajstić information content (AvgIpc) is 2.59. The van der Waals surface area contributed by atoms with Gasteiger partial charge in [-0.2, -0.15) is 8.42 Å². The molecule has 0 saturated heterocycles. The van der Waals surface area contributed by atoms with Gasteiger partial charge in [0.2, 0.25) is 0 Å². The molecule has 0 fully saturated rings. The molecule has 29 heavy (non-hydrogen) atoms. The molecule has 0 saturated carbocycles. The highest BCUT2D eigenvalue weighted by Crippen LogP contribution is 2.50. The zero-order chi connectivity index (χ0) is 21.6. The van der Waals surface area contributed by atoms with Crippen LogP contribution < -0.4 is 0 Å². The van der Waals surface area contributed by atoms with Crippen LogP contribution in [0.1, 0.15) is 16.7 Å². The van der Waals surface area contributed by atoms with E-state index in [0.717, 1.165) is 12.1 Å². The highest BCUT2D eigenvalue weighted by atomic mass is 35.5. The lowest BCUT2D eigenvalue weighted by Gasteiger charge is -2.33.